The minimum atomic E-state index is 0.0398. The molecule has 1 heterocycles. The molecule has 0 spiro atoms. The molecule has 1 aliphatic carbocycles. The third kappa shape index (κ3) is 2.56. The van der Waals surface area contributed by atoms with Gasteiger partial charge in [-0.05, 0) is 56.6 Å². The zero-order valence-corrected chi connectivity index (χ0v) is 12.1. The van der Waals surface area contributed by atoms with Crippen LogP contribution in [0.5, 0.6) is 0 Å². The number of fused-ring (bicyclic) bond motifs is 1. The lowest BCUT2D eigenvalue weighted by Crippen LogP contribution is -2.47. The van der Waals surface area contributed by atoms with Crippen molar-refractivity contribution in [3.05, 3.63) is 35.4 Å². The molecule has 1 fully saturated rings. The highest BCUT2D eigenvalue weighted by Crippen LogP contribution is 2.33. The SMILES string of the molecule is C[C@H](NC[C@H]1CCc2ccccc21)[C@]1(C)CCCO1. The minimum absolute atomic E-state index is 0.0398. The summed E-state index contributed by atoms with van der Waals surface area (Å²) in [5.74, 6) is 0.684. The van der Waals surface area contributed by atoms with Gasteiger partial charge in [0.25, 0.3) is 0 Å². The molecule has 3 rings (SSSR count). The number of rotatable bonds is 4. The first kappa shape index (κ1) is 13.1. The molecule has 1 aromatic rings. The van der Waals surface area contributed by atoms with Crippen LogP contribution in [0.15, 0.2) is 24.3 Å². The smallest absolute Gasteiger partial charge is 0.0804 e. The van der Waals surface area contributed by atoms with Crippen LogP contribution in [0.1, 0.15) is 50.2 Å². The lowest BCUT2D eigenvalue weighted by Gasteiger charge is -2.32. The van der Waals surface area contributed by atoms with Crippen molar-refractivity contribution in [1.29, 1.82) is 0 Å². The molecule has 1 aromatic carbocycles. The Labute approximate surface area is 116 Å². The Morgan fingerprint density at radius 2 is 2.26 bits per heavy atom. The van der Waals surface area contributed by atoms with Gasteiger partial charge in [0.15, 0.2) is 0 Å². The molecule has 1 saturated heterocycles. The van der Waals surface area contributed by atoms with E-state index in [1.54, 1.807) is 11.1 Å². The summed E-state index contributed by atoms with van der Waals surface area (Å²) in [6.45, 7) is 6.53. The molecule has 104 valence electrons. The largest absolute Gasteiger partial charge is 0.374 e. The van der Waals surface area contributed by atoms with E-state index < -0.39 is 0 Å². The van der Waals surface area contributed by atoms with Crippen LogP contribution >= 0.6 is 0 Å². The summed E-state index contributed by atoms with van der Waals surface area (Å²) < 4.78 is 5.92. The van der Waals surface area contributed by atoms with Crippen molar-refractivity contribution in [2.24, 2.45) is 0 Å². The molecule has 2 heteroatoms. The van der Waals surface area contributed by atoms with Crippen LogP contribution in [0.4, 0.5) is 0 Å². The molecule has 2 nitrogen and oxygen atoms in total. The number of ether oxygens (including phenoxy) is 1. The van der Waals surface area contributed by atoms with E-state index in [1.165, 1.54) is 25.7 Å². The molecule has 0 aromatic heterocycles. The molecule has 0 radical (unpaired) electrons. The standard InChI is InChI=1S/C17H25NO/c1-13(17(2)10-5-11-19-17)18-12-15-9-8-14-6-3-4-7-16(14)15/h3-4,6-7,13,15,18H,5,8-12H2,1-2H3/t13-,15+,17-/m0/s1. The molecule has 1 N–H and O–H groups in total. The van der Waals surface area contributed by atoms with E-state index in [2.05, 4.69) is 43.4 Å². The predicted octanol–water partition coefficient (Wildman–Crippen LogP) is 3.26. The van der Waals surface area contributed by atoms with Gasteiger partial charge in [-0.2, -0.15) is 0 Å². The molecule has 2 aliphatic rings. The minimum Gasteiger partial charge on any atom is -0.374 e. The van der Waals surface area contributed by atoms with Gasteiger partial charge in [-0.3, -0.25) is 0 Å². The average molecular weight is 259 g/mol. The van der Waals surface area contributed by atoms with Gasteiger partial charge in [-0.1, -0.05) is 24.3 Å². The topological polar surface area (TPSA) is 21.3 Å². The molecule has 0 saturated carbocycles. The molecule has 1 aliphatic heterocycles. The second-order valence-electron chi connectivity index (χ2n) is 6.33. The van der Waals surface area contributed by atoms with Gasteiger partial charge in [0, 0.05) is 19.2 Å². The summed E-state index contributed by atoms with van der Waals surface area (Å²) >= 11 is 0. The second-order valence-corrected chi connectivity index (χ2v) is 6.33. The highest BCUT2D eigenvalue weighted by Gasteiger charge is 2.36. The first-order valence-electron chi connectivity index (χ1n) is 7.64. The van der Waals surface area contributed by atoms with Crippen molar-refractivity contribution in [3.8, 4) is 0 Å². The van der Waals surface area contributed by atoms with E-state index in [1.807, 2.05) is 0 Å². The summed E-state index contributed by atoms with van der Waals surface area (Å²) in [4.78, 5) is 0. The van der Waals surface area contributed by atoms with Gasteiger partial charge in [0.1, 0.15) is 0 Å². The number of hydrogen-bond donors (Lipinski definition) is 1. The number of aryl methyl sites for hydroxylation is 1. The monoisotopic (exact) mass is 259 g/mol. The van der Waals surface area contributed by atoms with Crippen LogP contribution in [-0.2, 0) is 11.2 Å². The number of nitrogens with one attached hydrogen (secondary N) is 1. The van der Waals surface area contributed by atoms with Gasteiger partial charge in [0.05, 0.1) is 5.60 Å². The van der Waals surface area contributed by atoms with E-state index in [4.69, 9.17) is 4.74 Å². The van der Waals surface area contributed by atoms with E-state index >= 15 is 0 Å². The Morgan fingerprint density at radius 1 is 1.42 bits per heavy atom. The molecule has 19 heavy (non-hydrogen) atoms. The van der Waals surface area contributed by atoms with E-state index in [0.29, 0.717) is 12.0 Å². The first-order valence-corrected chi connectivity index (χ1v) is 7.64. The maximum absolute atomic E-state index is 5.92. The highest BCUT2D eigenvalue weighted by atomic mass is 16.5. The highest BCUT2D eigenvalue weighted by molar-refractivity contribution is 5.35. The molecule has 0 unspecified atom stereocenters. The van der Waals surface area contributed by atoms with Crippen LogP contribution in [0.25, 0.3) is 0 Å². The third-order valence-corrected chi connectivity index (χ3v) is 5.09. The van der Waals surface area contributed by atoms with Crippen molar-refractivity contribution in [2.45, 2.75) is 57.1 Å². The summed E-state index contributed by atoms with van der Waals surface area (Å²) in [7, 11) is 0. The molecule has 0 bridgehead atoms. The normalized spacial score (nSPS) is 31.4. The van der Waals surface area contributed by atoms with Crippen molar-refractivity contribution in [2.75, 3.05) is 13.2 Å². The van der Waals surface area contributed by atoms with Crippen LogP contribution in [0.2, 0.25) is 0 Å². The Morgan fingerprint density at radius 3 is 3.05 bits per heavy atom. The maximum atomic E-state index is 5.92. The fourth-order valence-corrected chi connectivity index (χ4v) is 3.53. The first-order chi connectivity index (χ1) is 9.19. The molecule has 3 atom stereocenters. The summed E-state index contributed by atoms with van der Waals surface area (Å²) in [5.41, 5.74) is 3.14. The van der Waals surface area contributed by atoms with Crippen LogP contribution < -0.4 is 5.32 Å². The zero-order valence-electron chi connectivity index (χ0n) is 12.1. The van der Waals surface area contributed by atoms with Gasteiger partial charge >= 0.3 is 0 Å². The van der Waals surface area contributed by atoms with Crippen LogP contribution in [0.3, 0.4) is 0 Å². The quantitative estimate of drug-likeness (QED) is 0.896. The zero-order chi connectivity index (χ0) is 13.3. The van der Waals surface area contributed by atoms with Crippen molar-refractivity contribution >= 4 is 0 Å². The molecular formula is C17H25NO. The Kier molecular flexibility index (Phi) is 3.64. The van der Waals surface area contributed by atoms with E-state index in [0.717, 1.165) is 13.2 Å². The van der Waals surface area contributed by atoms with Gasteiger partial charge in [0.2, 0.25) is 0 Å². The summed E-state index contributed by atoms with van der Waals surface area (Å²) in [5, 5.41) is 3.72. The Bertz CT molecular complexity index is 437. The van der Waals surface area contributed by atoms with Crippen LogP contribution in [0, 0.1) is 0 Å². The average Bonchev–Trinajstić information content (AvgIpc) is 3.03. The van der Waals surface area contributed by atoms with Crippen molar-refractivity contribution in [1.82, 2.24) is 5.32 Å². The van der Waals surface area contributed by atoms with Crippen molar-refractivity contribution < 1.29 is 4.74 Å². The van der Waals surface area contributed by atoms with Gasteiger partial charge < -0.3 is 10.1 Å². The van der Waals surface area contributed by atoms with Crippen molar-refractivity contribution in [3.63, 3.8) is 0 Å². The molecular weight excluding hydrogens is 234 g/mol. The molecule has 0 amide bonds. The van der Waals surface area contributed by atoms with E-state index in [9.17, 15) is 0 Å². The fourth-order valence-electron chi connectivity index (χ4n) is 3.53. The third-order valence-electron chi connectivity index (χ3n) is 5.09. The fraction of sp³-hybridized carbons (Fsp3) is 0.647. The van der Waals surface area contributed by atoms with Gasteiger partial charge in [-0.25, -0.2) is 0 Å². The second kappa shape index (κ2) is 5.26. The van der Waals surface area contributed by atoms with Crippen LogP contribution in [-0.4, -0.2) is 24.8 Å². The maximum Gasteiger partial charge on any atom is 0.0804 e. The van der Waals surface area contributed by atoms with E-state index in [-0.39, 0.29) is 5.60 Å². The summed E-state index contributed by atoms with van der Waals surface area (Å²) in [6.07, 6.45) is 4.92. The lowest BCUT2D eigenvalue weighted by molar-refractivity contribution is -0.00676. The Balaban J connectivity index is 1.59. The number of hydrogen-bond acceptors (Lipinski definition) is 2. The van der Waals surface area contributed by atoms with Gasteiger partial charge in [-0.15, -0.1) is 0 Å². The summed E-state index contributed by atoms with van der Waals surface area (Å²) in [6, 6.07) is 9.34. The lowest BCUT2D eigenvalue weighted by atomic mass is 9.93. The Hall–Kier alpha value is -0.860. The number of benzene rings is 1. The predicted molar refractivity (Wildman–Crippen MR) is 78.6 cm³/mol.